The third-order valence-electron chi connectivity index (χ3n) is 10.4. The lowest BCUT2D eigenvalue weighted by atomic mass is 9.48. The number of amides is 1. The SMILES string of the molecule is CC(/C=C/C(=O)NS(=O)(=O)c1ccc(OC(F)(F)F)cc1)[C@H]1CC[C@H]2[C@@H]3C=CC4=CC(=O)CC[C@]4(C)[C@H]3CC[C@]12C. The van der Waals surface area contributed by atoms with Crippen molar-refractivity contribution < 1.29 is 35.9 Å². The summed E-state index contributed by atoms with van der Waals surface area (Å²) in [5.41, 5.74) is 1.30. The molecular formula is C31H36F3NO5S. The number of halogens is 3. The number of allylic oxidation sites excluding steroid dienone is 5. The van der Waals surface area contributed by atoms with E-state index in [0.717, 1.165) is 56.4 Å². The fourth-order valence-electron chi connectivity index (χ4n) is 8.32. The van der Waals surface area contributed by atoms with E-state index < -0.39 is 28.0 Å². The lowest BCUT2D eigenvalue weighted by molar-refractivity contribution is -0.274. The summed E-state index contributed by atoms with van der Waals surface area (Å²) in [5, 5.41) is 0. The molecule has 7 atom stereocenters. The topological polar surface area (TPSA) is 89.5 Å². The molecule has 0 heterocycles. The molecule has 10 heteroatoms. The molecule has 5 rings (SSSR count). The summed E-state index contributed by atoms with van der Waals surface area (Å²) in [5.74, 6) is 0.691. The zero-order valence-electron chi connectivity index (χ0n) is 23.4. The second kappa shape index (κ2) is 10.4. The smallest absolute Gasteiger partial charge is 0.406 e. The van der Waals surface area contributed by atoms with Gasteiger partial charge in [0.1, 0.15) is 5.75 Å². The summed E-state index contributed by atoms with van der Waals surface area (Å²) < 4.78 is 68.0. The molecule has 0 aromatic heterocycles. The highest BCUT2D eigenvalue weighted by Gasteiger charge is 2.58. The number of rotatable bonds is 6. The van der Waals surface area contributed by atoms with Crippen molar-refractivity contribution in [3.8, 4) is 5.75 Å². The van der Waals surface area contributed by atoms with Gasteiger partial charge in [0.2, 0.25) is 0 Å². The van der Waals surface area contributed by atoms with Gasteiger partial charge in [-0.2, -0.15) is 0 Å². The Hall–Kier alpha value is -2.88. The van der Waals surface area contributed by atoms with E-state index in [1.54, 1.807) is 6.08 Å². The van der Waals surface area contributed by atoms with Crippen molar-refractivity contribution in [3.05, 3.63) is 60.2 Å². The van der Waals surface area contributed by atoms with Gasteiger partial charge >= 0.3 is 6.36 Å². The molecule has 1 N–H and O–H groups in total. The van der Waals surface area contributed by atoms with Crippen LogP contribution in [-0.2, 0) is 19.6 Å². The maximum Gasteiger partial charge on any atom is 0.573 e. The number of sulfonamides is 1. The molecule has 4 aliphatic rings. The van der Waals surface area contributed by atoms with E-state index in [4.69, 9.17) is 0 Å². The van der Waals surface area contributed by atoms with Gasteiger partial charge in [-0.25, -0.2) is 13.1 Å². The highest BCUT2D eigenvalue weighted by molar-refractivity contribution is 7.90. The van der Waals surface area contributed by atoms with Crippen LogP contribution in [0, 0.1) is 40.4 Å². The molecule has 0 saturated heterocycles. The van der Waals surface area contributed by atoms with Crippen molar-refractivity contribution in [1.82, 2.24) is 4.72 Å². The average molecular weight is 592 g/mol. The minimum Gasteiger partial charge on any atom is -0.406 e. The fraction of sp³-hybridized carbons (Fsp3) is 0.548. The zero-order valence-corrected chi connectivity index (χ0v) is 24.2. The van der Waals surface area contributed by atoms with Crippen LogP contribution >= 0.6 is 0 Å². The Morgan fingerprint density at radius 3 is 2.49 bits per heavy atom. The third-order valence-corrected chi connectivity index (χ3v) is 11.7. The van der Waals surface area contributed by atoms with Crippen LogP contribution < -0.4 is 9.46 Å². The maximum absolute atomic E-state index is 12.6. The molecule has 1 unspecified atom stereocenters. The molecule has 1 aromatic rings. The van der Waals surface area contributed by atoms with Crippen LogP contribution in [0.2, 0.25) is 0 Å². The summed E-state index contributed by atoms with van der Waals surface area (Å²) in [6.07, 6.45) is 10.3. The van der Waals surface area contributed by atoms with Gasteiger partial charge in [-0.3, -0.25) is 9.59 Å². The molecule has 0 spiro atoms. The minimum atomic E-state index is -4.89. The van der Waals surface area contributed by atoms with Crippen LogP contribution in [0.3, 0.4) is 0 Å². The maximum atomic E-state index is 12.6. The summed E-state index contributed by atoms with van der Waals surface area (Å²) >= 11 is 0. The summed E-state index contributed by atoms with van der Waals surface area (Å²) in [6.45, 7) is 6.75. The van der Waals surface area contributed by atoms with Crippen molar-refractivity contribution >= 4 is 21.7 Å². The Morgan fingerprint density at radius 1 is 1.10 bits per heavy atom. The molecule has 2 fully saturated rings. The van der Waals surface area contributed by atoms with E-state index >= 15 is 0 Å². The molecule has 4 aliphatic carbocycles. The first-order chi connectivity index (χ1) is 19.1. The van der Waals surface area contributed by atoms with Crippen molar-refractivity contribution in [2.75, 3.05) is 0 Å². The van der Waals surface area contributed by atoms with Gasteiger partial charge in [0.15, 0.2) is 5.78 Å². The van der Waals surface area contributed by atoms with Crippen molar-refractivity contribution in [2.24, 2.45) is 40.4 Å². The molecule has 0 aliphatic heterocycles. The van der Waals surface area contributed by atoms with E-state index in [2.05, 4.69) is 37.7 Å². The molecular weight excluding hydrogens is 555 g/mol. The van der Waals surface area contributed by atoms with Crippen molar-refractivity contribution in [1.29, 1.82) is 0 Å². The van der Waals surface area contributed by atoms with Gasteiger partial charge in [0, 0.05) is 12.5 Å². The largest absolute Gasteiger partial charge is 0.573 e. The molecule has 2 saturated carbocycles. The van der Waals surface area contributed by atoms with Gasteiger partial charge in [-0.05, 0) is 108 Å². The van der Waals surface area contributed by atoms with Gasteiger partial charge in [0.25, 0.3) is 15.9 Å². The molecule has 41 heavy (non-hydrogen) atoms. The van der Waals surface area contributed by atoms with Gasteiger partial charge in [-0.1, -0.05) is 39.0 Å². The second-order valence-corrected chi connectivity index (χ2v) is 14.3. The average Bonchev–Trinajstić information content (AvgIpc) is 3.24. The van der Waals surface area contributed by atoms with Crippen LogP contribution in [0.5, 0.6) is 5.75 Å². The van der Waals surface area contributed by atoms with E-state index in [1.165, 1.54) is 11.6 Å². The normalized spacial score (nSPS) is 33.9. The molecule has 1 aromatic carbocycles. The first-order valence-electron chi connectivity index (χ1n) is 14.2. The number of ether oxygens (including phenoxy) is 1. The Bertz CT molecular complexity index is 1410. The molecule has 0 bridgehead atoms. The van der Waals surface area contributed by atoms with E-state index in [1.807, 2.05) is 10.8 Å². The Labute approximate surface area is 239 Å². The van der Waals surface area contributed by atoms with Crippen LogP contribution in [0.1, 0.15) is 59.3 Å². The third kappa shape index (κ3) is 5.64. The molecule has 6 nitrogen and oxygen atoms in total. The first kappa shape index (κ1) is 29.6. The predicted molar refractivity (Wildman–Crippen MR) is 147 cm³/mol. The second-order valence-electron chi connectivity index (χ2n) is 12.6. The van der Waals surface area contributed by atoms with Gasteiger partial charge in [-0.15, -0.1) is 13.2 Å². The number of carbonyl (C=O) groups excluding carboxylic acids is 2. The van der Waals surface area contributed by atoms with E-state index in [-0.39, 0.29) is 27.4 Å². The number of hydrogen-bond acceptors (Lipinski definition) is 5. The minimum absolute atomic E-state index is 0.0352. The number of ketones is 1. The van der Waals surface area contributed by atoms with Crippen LogP contribution in [0.4, 0.5) is 13.2 Å². The fourth-order valence-corrected chi connectivity index (χ4v) is 9.27. The summed E-state index contributed by atoms with van der Waals surface area (Å²) in [6, 6.07) is 3.65. The summed E-state index contributed by atoms with van der Waals surface area (Å²) in [4.78, 5) is 24.3. The lowest BCUT2D eigenvalue weighted by Gasteiger charge is -2.56. The Morgan fingerprint density at radius 2 is 1.80 bits per heavy atom. The number of hydrogen-bond donors (Lipinski definition) is 1. The number of benzene rings is 1. The monoisotopic (exact) mass is 591 g/mol. The molecule has 1 amide bonds. The predicted octanol–water partition coefficient (Wildman–Crippen LogP) is 6.51. The van der Waals surface area contributed by atoms with Crippen LogP contribution in [-0.4, -0.2) is 26.5 Å². The van der Waals surface area contributed by atoms with Crippen molar-refractivity contribution in [3.63, 3.8) is 0 Å². The van der Waals surface area contributed by atoms with Gasteiger partial charge < -0.3 is 4.74 Å². The zero-order chi connectivity index (χ0) is 29.8. The quantitative estimate of drug-likeness (QED) is 0.381. The summed E-state index contributed by atoms with van der Waals surface area (Å²) in [7, 11) is -4.27. The number of fused-ring (bicyclic) bond motifs is 5. The van der Waals surface area contributed by atoms with Crippen LogP contribution in [0.15, 0.2) is 65.1 Å². The standard InChI is InChI=1S/C31H36F3NO5S/c1-19(4-13-28(37)35-41(38,39)23-8-6-22(7-9-23)40-31(32,33)34)25-11-12-26-24-10-5-20-18-21(36)14-16-29(20,2)27(24)15-17-30(25,26)3/h4-10,13,18-19,24-27H,11-12,14-17H2,1-3H3,(H,35,37)/b13-4+/t19?,24-,25+,26-,27-,29-,30+/m0/s1. The molecule has 0 radical (unpaired) electrons. The van der Waals surface area contributed by atoms with E-state index in [0.29, 0.717) is 30.1 Å². The number of nitrogens with one attached hydrogen (secondary N) is 1. The van der Waals surface area contributed by atoms with Crippen LogP contribution in [0.25, 0.3) is 0 Å². The lowest BCUT2D eigenvalue weighted by Crippen LogP contribution is -2.49. The van der Waals surface area contributed by atoms with Crippen molar-refractivity contribution in [2.45, 2.75) is 70.6 Å². The Balaban J connectivity index is 1.24. The first-order valence-corrected chi connectivity index (χ1v) is 15.6. The number of alkyl halides is 3. The van der Waals surface area contributed by atoms with Gasteiger partial charge in [0.05, 0.1) is 4.90 Å². The number of carbonyl (C=O) groups is 2. The van der Waals surface area contributed by atoms with E-state index in [9.17, 15) is 31.2 Å². The molecule has 222 valence electrons. The Kier molecular flexibility index (Phi) is 7.54. The highest BCUT2D eigenvalue weighted by Crippen LogP contribution is 2.66. The highest BCUT2D eigenvalue weighted by atomic mass is 32.2.